The van der Waals surface area contributed by atoms with Gasteiger partial charge in [0.2, 0.25) is 5.91 Å². The van der Waals surface area contributed by atoms with Crippen molar-refractivity contribution in [3.63, 3.8) is 0 Å². The predicted molar refractivity (Wildman–Crippen MR) is 128 cm³/mol. The molecule has 0 aromatic carbocycles. The lowest BCUT2D eigenvalue weighted by Crippen LogP contribution is -2.50. The Hall–Kier alpha value is -1.69. The van der Waals surface area contributed by atoms with E-state index in [2.05, 4.69) is 23.6 Å². The number of rotatable bonds is 5. The molecular formula is C25H36N4OS. The molecule has 31 heavy (non-hydrogen) atoms. The molecule has 1 saturated heterocycles. The first-order valence-electron chi connectivity index (χ1n) is 12.5. The molecule has 1 saturated carbocycles. The summed E-state index contributed by atoms with van der Waals surface area (Å²) in [6.45, 7) is 8.03. The lowest BCUT2D eigenvalue weighted by molar-refractivity contribution is -0.135. The van der Waals surface area contributed by atoms with Gasteiger partial charge in [-0.1, -0.05) is 33.1 Å². The number of piperazine rings is 1. The second kappa shape index (κ2) is 9.05. The minimum absolute atomic E-state index is 0.281. The summed E-state index contributed by atoms with van der Waals surface area (Å²) in [5.74, 6) is 3.60. The Morgan fingerprint density at radius 2 is 1.87 bits per heavy atom. The Morgan fingerprint density at radius 3 is 2.61 bits per heavy atom. The first kappa shape index (κ1) is 21.2. The lowest BCUT2D eigenvalue weighted by Gasteiger charge is -2.37. The molecule has 2 aromatic heterocycles. The molecule has 0 radical (unpaired) electrons. The van der Waals surface area contributed by atoms with Crippen LogP contribution in [0.25, 0.3) is 10.2 Å². The van der Waals surface area contributed by atoms with Crippen LogP contribution < -0.4 is 4.90 Å². The summed E-state index contributed by atoms with van der Waals surface area (Å²) in [6.07, 6.45) is 11.5. The second-order valence-corrected chi connectivity index (χ2v) is 11.0. The van der Waals surface area contributed by atoms with Gasteiger partial charge in [0.25, 0.3) is 0 Å². The highest BCUT2D eigenvalue weighted by atomic mass is 32.1. The molecule has 6 heteroatoms. The molecule has 1 aliphatic heterocycles. The molecule has 0 N–H and O–H groups in total. The van der Waals surface area contributed by atoms with Crippen LogP contribution in [0.5, 0.6) is 0 Å². The molecule has 5 rings (SSSR count). The number of carbonyl (C=O) groups is 1. The van der Waals surface area contributed by atoms with Gasteiger partial charge in [0.1, 0.15) is 16.5 Å². The van der Waals surface area contributed by atoms with Gasteiger partial charge in [-0.05, 0) is 50.0 Å². The van der Waals surface area contributed by atoms with E-state index in [9.17, 15) is 4.79 Å². The lowest BCUT2D eigenvalue weighted by atomic mass is 9.89. The summed E-state index contributed by atoms with van der Waals surface area (Å²) in [7, 11) is 0. The number of anilines is 1. The standard InChI is InChI=1S/C25H36N4OS/c1-3-4-9-21-26-23(22-19-11-10-17(2)16-20(19)31-24(22)27-21)28-12-14-29(15-13-28)25(30)18-7-5-6-8-18/h17-18H,3-16H2,1-2H3/t17-/m1/s1. The summed E-state index contributed by atoms with van der Waals surface area (Å²) in [6, 6.07) is 0. The van der Waals surface area contributed by atoms with Crippen LogP contribution in [0.1, 0.15) is 75.1 Å². The van der Waals surface area contributed by atoms with E-state index in [1.54, 1.807) is 0 Å². The van der Waals surface area contributed by atoms with E-state index in [1.807, 2.05) is 11.3 Å². The molecule has 3 aliphatic rings. The summed E-state index contributed by atoms with van der Waals surface area (Å²) in [5.41, 5.74) is 1.51. The summed E-state index contributed by atoms with van der Waals surface area (Å²) >= 11 is 1.91. The van der Waals surface area contributed by atoms with Crippen molar-refractivity contribution >= 4 is 33.3 Å². The average molecular weight is 441 g/mol. The van der Waals surface area contributed by atoms with E-state index >= 15 is 0 Å². The highest BCUT2D eigenvalue weighted by Crippen LogP contribution is 2.41. The Kier molecular flexibility index (Phi) is 6.18. The largest absolute Gasteiger partial charge is 0.352 e. The van der Waals surface area contributed by atoms with Gasteiger partial charge in [-0.2, -0.15) is 0 Å². The minimum Gasteiger partial charge on any atom is -0.352 e. The SMILES string of the molecule is CCCCc1nc(N2CCN(C(=O)C3CCCC3)CC2)c2c3c(sc2n1)C[C@H](C)CC3. The number of fused-ring (bicyclic) bond motifs is 3. The topological polar surface area (TPSA) is 49.3 Å². The number of thiophene rings is 1. The van der Waals surface area contributed by atoms with Crippen LogP contribution >= 0.6 is 11.3 Å². The van der Waals surface area contributed by atoms with Crippen molar-refractivity contribution in [1.82, 2.24) is 14.9 Å². The van der Waals surface area contributed by atoms with Gasteiger partial charge < -0.3 is 9.80 Å². The van der Waals surface area contributed by atoms with Crippen LogP contribution in [0.15, 0.2) is 0 Å². The molecule has 0 spiro atoms. The molecule has 0 unspecified atom stereocenters. The number of carbonyl (C=O) groups excluding carboxylic acids is 1. The van der Waals surface area contributed by atoms with E-state index in [1.165, 1.54) is 46.3 Å². The fourth-order valence-electron chi connectivity index (χ4n) is 5.61. The number of hydrogen-bond donors (Lipinski definition) is 0. The smallest absolute Gasteiger partial charge is 0.225 e. The molecule has 3 heterocycles. The molecule has 5 nitrogen and oxygen atoms in total. The van der Waals surface area contributed by atoms with Crippen LogP contribution in [0.2, 0.25) is 0 Å². The maximum Gasteiger partial charge on any atom is 0.225 e. The van der Waals surface area contributed by atoms with E-state index in [0.29, 0.717) is 5.91 Å². The number of hydrogen-bond acceptors (Lipinski definition) is 5. The van der Waals surface area contributed by atoms with E-state index in [4.69, 9.17) is 9.97 Å². The van der Waals surface area contributed by atoms with E-state index in [0.717, 1.165) is 82.3 Å². The van der Waals surface area contributed by atoms with Gasteiger partial charge in [0, 0.05) is 43.4 Å². The molecule has 1 amide bonds. The fourth-order valence-corrected chi connectivity index (χ4v) is 7.01. The summed E-state index contributed by atoms with van der Waals surface area (Å²) in [4.78, 5) is 30.3. The molecule has 0 bridgehead atoms. The van der Waals surface area contributed by atoms with Crippen LogP contribution in [-0.2, 0) is 24.1 Å². The normalized spacial score (nSPS) is 22.3. The third-order valence-electron chi connectivity index (χ3n) is 7.53. The molecule has 2 aliphatic carbocycles. The van der Waals surface area contributed by atoms with Crippen molar-refractivity contribution in [3.05, 3.63) is 16.3 Å². The third-order valence-corrected chi connectivity index (χ3v) is 8.68. The zero-order valence-corrected chi connectivity index (χ0v) is 20.0. The van der Waals surface area contributed by atoms with Crippen molar-refractivity contribution in [2.24, 2.45) is 11.8 Å². The first-order valence-corrected chi connectivity index (χ1v) is 13.3. The minimum atomic E-state index is 0.281. The summed E-state index contributed by atoms with van der Waals surface area (Å²) < 4.78 is 0. The maximum atomic E-state index is 12.9. The number of aromatic nitrogens is 2. The van der Waals surface area contributed by atoms with Crippen LogP contribution in [-0.4, -0.2) is 47.0 Å². The zero-order valence-electron chi connectivity index (χ0n) is 19.2. The highest BCUT2D eigenvalue weighted by molar-refractivity contribution is 7.19. The molecular weight excluding hydrogens is 404 g/mol. The predicted octanol–water partition coefficient (Wildman–Crippen LogP) is 5.00. The van der Waals surface area contributed by atoms with E-state index in [-0.39, 0.29) is 5.92 Å². The highest BCUT2D eigenvalue weighted by Gasteiger charge is 2.31. The van der Waals surface area contributed by atoms with Crippen molar-refractivity contribution in [3.8, 4) is 0 Å². The third kappa shape index (κ3) is 4.20. The fraction of sp³-hybridized carbons (Fsp3) is 0.720. The van der Waals surface area contributed by atoms with Gasteiger partial charge in [-0.15, -0.1) is 11.3 Å². The van der Waals surface area contributed by atoms with Gasteiger partial charge in [-0.3, -0.25) is 4.79 Å². The summed E-state index contributed by atoms with van der Waals surface area (Å²) in [5, 5.41) is 1.32. The number of aryl methyl sites for hydroxylation is 2. The molecule has 2 aromatic rings. The van der Waals surface area contributed by atoms with Gasteiger partial charge in [-0.25, -0.2) is 9.97 Å². The van der Waals surface area contributed by atoms with Crippen LogP contribution in [0, 0.1) is 11.8 Å². The maximum absolute atomic E-state index is 12.9. The Balaban J connectivity index is 1.42. The van der Waals surface area contributed by atoms with Crippen molar-refractivity contribution in [1.29, 1.82) is 0 Å². The van der Waals surface area contributed by atoms with Crippen molar-refractivity contribution in [2.45, 2.75) is 78.1 Å². The second-order valence-electron chi connectivity index (χ2n) is 9.89. The van der Waals surface area contributed by atoms with Gasteiger partial charge >= 0.3 is 0 Å². The van der Waals surface area contributed by atoms with Gasteiger partial charge in [0.15, 0.2) is 0 Å². The van der Waals surface area contributed by atoms with Crippen molar-refractivity contribution < 1.29 is 4.79 Å². The monoisotopic (exact) mass is 440 g/mol. The van der Waals surface area contributed by atoms with Gasteiger partial charge in [0.05, 0.1) is 5.39 Å². The van der Waals surface area contributed by atoms with Crippen LogP contribution in [0.3, 0.4) is 0 Å². The number of unbranched alkanes of at least 4 members (excludes halogenated alkanes) is 1. The Bertz CT molecular complexity index is 941. The Labute approximate surface area is 190 Å². The van der Waals surface area contributed by atoms with E-state index < -0.39 is 0 Å². The number of amides is 1. The molecule has 1 atom stereocenters. The number of nitrogens with zero attached hydrogens (tertiary/aromatic N) is 4. The van der Waals surface area contributed by atoms with Crippen molar-refractivity contribution in [2.75, 3.05) is 31.1 Å². The zero-order chi connectivity index (χ0) is 21.4. The quantitative estimate of drug-likeness (QED) is 0.657. The molecule has 2 fully saturated rings. The molecule has 168 valence electrons. The first-order chi connectivity index (χ1) is 15.1. The Morgan fingerprint density at radius 1 is 1.10 bits per heavy atom. The van der Waals surface area contributed by atoms with Crippen LogP contribution in [0.4, 0.5) is 5.82 Å². The average Bonchev–Trinajstić information content (AvgIpc) is 3.44.